The fourth-order valence-corrected chi connectivity index (χ4v) is 2.67. The average Bonchev–Trinajstić information content (AvgIpc) is 2.59. The Morgan fingerprint density at radius 2 is 1.59 bits per heavy atom. The van der Waals surface area contributed by atoms with Crippen LogP contribution in [0.15, 0.2) is 48.5 Å². The molecule has 0 saturated carbocycles. The number of nitrogens with one attached hydrogen (secondary N) is 1. The van der Waals surface area contributed by atoms with Gasteiger partial charge in [0, 0.05) is 0 Å². The predicted octanol–water partition coefficient (Wildman–Crippen LogP) is 5.16. The van der Waals surface area contributed by atoms with Crippen LogP contribution in [-0.2, 0) is 17.4 Å². The van der Waals surface area contributed by atoms with Crippen LogP contribution in [0.25, 0.3) is 0 Å². The summed E-state index contributed by atoms with van der Waals surface area (Å²) in [6.07, 6.45) is -3.39. The molecule has 0 spiro atoms. The van der Waals surface area contributed by atoms with Crippen LogP contribution in [0.1, 0.15) is 43.5 Å². The zero-order chi connectivity index (χ0) is 20.0. The van der Waals surface area contributed by atoms with E-state index in [1.54, 1.807) is 0 Å². The molecular weight excluding hydrogens is 355 g/mol. The average molecular weight is 379 g/mol. The lowest BCUT2D eigenvalue weighted by molar-refractivity contribution is -0.137. The van der Waals surface area contributed by atoms with E-state index in [1.165, 1.54) is 17.7 Å². The van der Waals surface area contributed by atoms with Gasteiger partial charge in [-0.05, 0) is 54.7 Å². The van der Waals surface area contributed by atoms with Crippen LogP contribution in [-0.4, -0.2) is 12.5 Å². The Hall–Kier alpha value is -2.50. The van der Waals surface area contributed by atoms with Crippen molar-refractivity contribution in [2.75, 3.05) is 6.61 Å². The van der Waals surface area contributed by atoms with Crippen molar-refractivity contribution >= 4 is 5.91 Å². The first-order chi connectivity index (χ1) is 12.6. The van der Waals surface area contributed by atoms with Gasteiger partial charge in [-0.3, -0.25) is 4.79 Å². The Morgan fingerprint density at radius 3 is 2.11 bits per heavy atom. The number of benzene rings is 2. The van der Waals surface area contributed by atoms with Gasteiger partial charge in [-0.15, -0.1) is 0 Å². The lowest BCUT2D eigenvalue weighted by Gasteiger charge is -2.16. The predicted molar refractivity (Wildman–Crippen MR) is 98.5 cm³/mol. The van der Waals surface area contributed by atoms with Crippen molar-refractivity contribution in [1.82, 2.24) is 5.32 Å². The van der Waals surface area contributed by atoms with E-state index in [0.29, 0.717) is 5.92 Å². The summed E-state index contributed by atoms with van der Waals surface area (Å²) in [7, 11) is 0. The summed E-state index contributed by atoms with van der Waals surface area (Å²) in [5.74, 6) is 0.452. The summed E-state index contributed by atoms with van der Waals surface area (Å²) < 4.78 is 42.8. The highest BCUT2D eigenvalue weighted by molar-refractivity contribution is 5.78. The first kappa shape index (κ1) is 20.8. The third-order valence-electron chi connectivity index (χ3n) is 4.05. The van der Waals surface area contributed by atoms with E-state index in [4.69, 9.17) is 4.74 Å². The van der Waals surface area contributed by atoms with Crippen LogP contribution in [0.2, 0.25) is 0 Å². The summed E-state index contributed by atoms with van der Waals surface area (Å²) in [5.41, 5.74) is 1.47. The molecule has 146 valence electrons. The number of ether oxygens (including phenoxy) is 1. The molecule has 6 heteroatoms. The molecule has 0 saturated heterocycles. The summed E-state index contributed by atoms with van der Waals surface area (Å²) in [4.78, 5) is 12.0. The molecule has 0 heterocycles. The normalized spacial score (nSPS) is 12.7. The van der Waals surface area contributed by atoms with Crippen LogP contribution in [0, 0.1) is 5.92 Å². The fraction of sp³-hybridized carbons (Fsp3) is 0.381. The number of carbonyl (C=O) groups is 1. The van der Waals surface area contributed by atoms with Gasteiger partial charge in [-0.25, -0.2) is 0 Å². The molecule has 0 unspecified atom stereocenters. The van der Waals surface area contributed by atoms with Gasteiger partial charge < -0.3 is 10.1 Å². The van der Waals surface area contributed by atoms with E-state index in [2.05, 4.69) is 31.3 Å². The minimum Gasteiger partial charge on any atom is -0.484 e. The van der Waals surface area contributed by atoms with E-state index in [-0.39, 0.29) is 24.3 Å². The second kappa shape index (κ2) is 8.93. The molecule has 1 N–H and O–H groups in total. The molecule has 0 aliphatic rings. The monoisotopic (exact) mass is 379 g/mol. The zero-order valence-electron chi connectivity index (χ0n) is 15.6. The summed E-state index contributed by atoms with van der Waals surface area (Å²) in [5, 5.41) is 2.82. The molecule has 0 aliphatic heterocycles. The van der Waals surface area contributed by atoms with Gasteiger partial charge in [0.1, 0.15) is 5.75 Å². The molecule has 1 atom stereocenters. The van der Waals surface area contributed by atoms with Crippen molar-refractivity contribution in [3.63, 3.8) is 0 Å². The summed E-state index contributed by atoms with van der Waals surface area (Å²) in [6, 6.07) is 12.1. The Morgan fingerprint density at radius 1 is 1.00 bits per heavy atom. The summed E-state index contributed by atoms with van der Waals surface area (Å²) in [6.45, 7) is 5.93. The molecule has 27 heavy (non-hydrogen) atoms. The van der Waals surface area contributed by atoms with Crippen LogP contribution < -0.4 is 10.1 Å². The molecule has 0 aliphatic carbocycles. The number of amides is 1. The third-order valence-corrected chi connectivity index (χ3v) is 4.05. The van der Waals surface area contributed by atoms with Gasteiger partial charge in [0.2, 0.25) is 0 Å². The third kappa shape index (κ3) is 6.62. The first-order valence-electron chi connectivity index (χ1n) is 8.83. The topological polar surface area (TPSA) is 38.3 Å². The minimum absolute atomic E-state index is 0.193. The largest absolute Gasteiger partial charge is 0.484 e. The van der Waals surface area contributed by atoms with Crippen molar-refractivity contribution in [1.29, 1.82) is 0 Å². The minimum atomic E-state index is -4.39. The molecular formula is C21H24F3NO2. The van der Waals surface area contributed by atoms with Crippen molar-refractivity contribution < 1.29 is 22.7 Å². The number of carbonyl (C=O) groups excluding carboxylic acids is 1. The van der Waals surface area contributed by atoms with Crippen LogP contribution >= 0.6 is 0 Å². The Balaban J connectivity index is 1.84. The SMILES string of the molecule is CC(C)Cc1ccc([C@@H](C)NC(=O)COc2ccc(C(F)(F)F)cc2)cc1. The van der Waals surface area contributed by atoms with E-state index < -0.39 is 11.7 Å². The maximum atomic E-state index is 12.5. The molecule has 1 amide bonds. The van der Waals surface area contributed by atoms with Crippen LogP contribution in [0.4, 0.5) is 13.2 Å². The smallest absolute Gasteiger partial charge is 0.416 e. The Kier molecular flexibility index (Phi) is 6.88. The highest BCUT2D eigenvalue weighted by Crippen LogP contribution is 2.30. The van der Waals surface area contributed by atoms with Crippen molar-refractivity contribution in [3.8, 4) is 5.75 Å². The lowest BCUT2D eigenvalue weighted by Crippen LogP contribution is -2.31. The zero-order valence-corrected chi connectivity index (χ0v) is 15.6. The maximum absolute atomic E-state index is 12.5. The summed E-state index contributed by atoms with van der Waals surface area (Å²) >= 11 is 0. The molecule has 2 rings (SSSR count). The van der Waals surface area contributed by atoms with Crippen molar-refractivity contribution in [2.24, 2.45) is 5.92 Å². The van der Waals surface area contributed by atoms with Gasteiger partial charge in [0.05, 0.1) is 11.6 Å². The second-order valence-corrected chi connectivity index (χ2v) is 6.94. The molecule has 0 bridgehead atoms. The molecule has 3 nitrogen and oxygen atoms in total. The number of halogens is 3. The second-order valence-electron chi connectivity index (χ2n) is 6.94. The van der Waals surface area contributed by atoms with Gasteiger partial charge in [-0.1, -0.05) is 38.1 Å². The quantitative estimate of drug-likeness (QED) is 0.722. The van der Waals surface area contributed by atoms with Crippen LogP contribution in [0.5, 0.6) is 5.75 Å². The number of alkyl halides is 3. The standard InChI is InChI=1S/C21H24F3NO2/c1-14(2)12-16-4-6-17(7-5-16)15(3)25-20(26)13-27-19-10-8-18(9-11-19)21(22,23)24/h4-11,14-15H,12-13H2,1-3H3,(H,25,26)/t15-/m1/s1. The van der Waals surface area contributed by atoms with E-state index in [0.717, 1.165) is 24.1 Å². The molecule has 0 fully saturated rings. The van der Waals surface area contributed by atoms with Gasteiger partial charge in [-0.2, -0.15) is 13.2 Å². The Bertz CT molecular complexity index is 738. The fourth-order valence-electron chi connectivity index (χ4n) is 2.67. The maximum Gasteiger partial charge on any atom is 0.416 e. The molecule has 0 radical (unpaired) electrons. The van der Waals surface area contributed by atoms with Gasteiger partial charge >= 0.3 is 6.18 Å². The van der Waals surface area contributed by atoms with Crippen molar-refractivity contribution in [2.45, 2.75) is 39.4 Å². The number of rotatable bonds is 7. The van der Waals surface area contributed by atoms with E-state index >= 15 is 0 Å². The first-order valence-corrected chi connectivity index (χ1v) is 8.83. The van der Waals surface area contributed by atoms with Crippen LogP contribution in [0.3, 0.4) is 0 Å². The highest BCUT2D eigenvalue weighted by atomic mass is 19.4. The number of hydrogen-bond acceptors (Lipinski definition) is 2. The van der Waals surface area contributed by atoms with E-state index in [9.17, 15) is 18.0 Å². The molecule has 0 aromatic heterocycles. The van der Waals surface area contributed by atoms with E-state index in [1.807, 2.05) is 19.1 Å². The molecule has 2 aromatic rings. The molecule has 2 aromatic carbocycles. The highest BCUT2D eigenvalue weighted by Gasteiger charge is 2.30. The number of hydrogen-bond donors (Lipinski definition) is 1. The lowest BCUT2D eigenvalue weighted by atomic mass is 10.00. The van der Waals surface area contributed by atoms with Gasteiger partial charge in [0.15, 0.2) is 6.61 Å². The van der Waals surface area contributed by atoms with Gasteiger partial charge in [0.25, 0.3) is 5.91 Å². The Labute approximate surface area is 157 Å². The van der Waals surface area contributed by atoms with Crippen molar-refractivity contribution in [3.05, 3.63) is 65.2 Å².